The van der Waals surface area contributed by atoms with Crippen LogP contribution in [0.1, 0.15) is 46.0 Å². The second kappa shape index (κ2) is 8.97. The van der Waals surface area contributed by atoms with E-state index in [-0.39, 0.29) is 23.9 Å². The van der Waals surface area contributed by atoms with Gasteiger partial charge in [0.1, 0.15) is 0 Å². The summed E-state index contributed by atoms with van der Waals surface area (Å²) in [6.45, 7) is 8.10. The van der Waals surface area contributed by atoms with Gasteiger partial charge in [-0.05, 0) is 6.54 Å². The number of Topliss-reactive ketones (excluding diaryl/α,β-unsaturated/α-hetero) is 1. The van der Waals surface area contributed by atoms with Crippen LogP contribution in [0.3, 0.4) is 0 Å². The molecule has 3 N–H and O–H groups in total. The van der Waals surface area contributed by atoms with E-state index in [2.05, 4.69) is 23.4 Å². The summed E-state index contributed by atoms with van der Waals surface area (Å²) < 4.78 is 15.6. The number of likely N-dealkylation sites (N-methyl/N-ethyl adjacent to an activating group) is 1. The Hall–Kier alpha value is -2.74. The van der Waals surface area contributed by atoms with Crippen molar-refractivity contribution >= 4 is 36.1 Å². The van der Waals surface area contributed by atoms with Crippen molar-refractivity contribution in [3.05, 3.63) is 46.5 Å². The van der Waals surface area contributed by atoms with Crippen LogP contribution in [0.2, 0.25) is 0 Å². The first-order valence-corrected chi connectivity index (χ1v) is 9.10. The van der Waals surface area contributed by atoms with Crippen LogP contribution < -0.4 is 16.0 Å². The van der Waals surface area contributed by atoms with Gasteiger partial charge in [-0.25, -0.2) is 0 Å². The number of carbonyl (C=O) groups excluding carboxylic acids is 2. The average molecular weight is 384 g/mol. The van der Waals surface area contributed by atoms with Gasteiger partial charge in [-0.1, -0.05) is 6.92 Å². The molecule has 2 aromatic rings. The summed E-state index contributed by atoms with van der Waals surface area (Å²) >= 11 is 0. The molecule has 0 radical (unpaired) electrons. The minimum atomic E-state index is -0.440. The summed E-state index contributed by atoms with van der Waals surface area (Å²) in [5.74, 6) is -0.857. The fourth-order valence-corrected chi connectivity index (χ4v) is 3.15. The van der Waals surface area contributed by atoms with Gasteiger partial charge in [-0.3, -0.25) is 0 Å². The quantitative estimate of drug-likeness (QED) is 0.482. The molecule has 1 aromatic carbocycles. The second-order valence-corrected chi connectivity index (χ2v) is 6.75. The van der Waals surface area contributed by atoms with Crippen LogP contribution in [0.15, 0.2) is 18.2 Å². The van der Waals surface area contributed by atoms with Crippen molar-refractivity contribution in [1.82, 2.24) is 9.88 Å². The van der Waals surface area contributed by atoms with Gasteiger partial charge in [0.25, 0.3) is 0 Å². The van der Waals surface area contributed by atoms with Gasteiger partial charge in [0.15, 0.2) is 0 Å². The van der Waals surface area contributed by atoms with E-state index >= 15 is 0 Å². The molecule has 6 nitrogen and oxygen atoms in total. The molecular weight excluding hydrogens is 358 g/mol. The number of carbonyl (C=O) groups is 2. The molecular formula is C20H26BFN4O2. The molecule has 1 amide bonds. The molecule has 0 unspecified atom stereocenters. The third-order valence-corrected chi connectivity index (χ3v) is 4.53. The Bertz CT molecular complexity index is 937. The fraction of sp³-hybridized carbons (Fsp3) is 0.350. The number of hydrogen-bond donors (Lipinski definition) is 3. The number of anilines is 2. The predicted molar refractivity (Wildman–Crippen MR) is 114 cm³/mol. The second-order valence-electron chi connectivity index (χ2n) is 6.75. The van der Waals surface area contributed by atoms with Crippen molar-refractivity contribution < 1.29 is 14.0 Å². The Labute approximate surface area is 165 Å². The van der Waals surface area contributed by atoms with Crippen molar-refractivity contribution in [2.24, 2.45) is 7.05 Å². The van der Waals surface area contributed by atoms with E-state index in [0.29, 0.717) is 40.3 Å². The first-order chi connectivity index (χ1) is 13.2. The number of nitrogens with zero attached hydrogens (tertiary/aromatic N) is 1. The molecule has 0 fully saturated rings. The molecule has 0 spiro atoms. The number of nitrogens with one attached hydrogen (secondary N) is 3. The van der Waals surface area contributed by atoms with Crippen LogP contribution in [0.5, 0.6) is 0 Å². The van der Waals surface area contributed by atoms with E-state index in [0.717, 1.165) is 0 Å². The summed E-state index contributed by atoms with van der Waals surface area (Å²) in [6, 6.07) is 4.27. The first kappa shape index (κ1) is 21.6. The van der Waals surface area contributed by atoms with E-state index < -0.39 is 5.82 Å². The van der Waals surface area contributed by atoms with Gasteiger partial charge in [0.05, 0.1) is 0 Å². The Kier molecular flexibility index (Phi) is 6.91. The molecule has 0 aliphatic rings. The standard InChI is InChI=1S/C20H26BFN4O2/c1-6-23-10-17(27)19-11(2)18(12(3)26(19)5)20(28)25-14-7-8-15(22)16(9-14)24-13(4)21/h7-9,21,23-24H,6,10H2,1-5H3,(H,25,28). The van der Waals surface area contributed by atoms with Crippen LogP contribution in [0.25, 0.3) is 0 Å². The predicted octanol–water partition coefficient (Wildman–Crippen LogP) is 2.29. The van der Waals surface area contributed by atoms with Crippen LogP contribution in [-0.2, 0) is 7.05 Å². The number of halogens is 1. The van der Waals surface area contributed by atoms with E-state index in [9.17, 15) is 14.0 Å². The van der Waals surface area contributed by atoms with Crippen molar-refractivity contribution in [3.63, 3.8) is 0 Å². The van der Waals surface area contributed by atoms with Crippen LogP contribution in [0.4, 0.5) is 15.8 Å². The molecule has 0 aliphatic heterocycles. The normalized spacial score (nSPS) is 10.6. The molecule has 0 saturated heterocycles. The molecule has 0 atom stereocenters. The van der Waals surface area contributed by atoms with Crippen LogP contribution >= 0.6 is 0 Å². The Morgan fingerprint density at radius 3 is 2.50 bits per heavy atom. The van der Waals surface area contributed by atoms with Gasteiger partial charge in [-0.2, -0.15) is 0 Å². The van der Waals surface area contributed by atoms with E-state index in [1.165, 1.54) is 18.2 Å². The molecule has 0 saturated carbocycles. The monoisotopic (exact) mass is 384 g/mol. The zero-order valence-corrected chi connectivity index (χ0v) is 17.0. The Morgan fingerprint density at radius 2 is 1.89 bits per heavy atom. The number of hydrogen-bond acceptors (Lipinski definition) is 4. The van der Waals surface area contributed by atoms with Gasteiger partial charge in [0, 0.05) is 0 Å². The Morgan fingerprint density at radius 1 is 1.21 bits per heavy atom. The summed E-state index contributed by atoms with van der Waals surface area (Å²) in [6.07, 6.45) is 0. The van der Waals surface area contributed by atoms with Gasteiger partial charge >= 0.3 is 146 Å². The zero-order valence-electron chi connectivity index (χ0n) is 17.0. The zero-order chi connectivity index (χ0) is 21.0. The maximum atomic E-state index is 13.9. The number of rotatable bonds is 8. The summed E-state index contributed by atoms with van der Waals surface area (Å²) in [4.78, 5) is 25.4. The summed E-state index contributed by atoms with van der Waals surface area (Å²) in [5.41, 5.74) is 3.53. The van der Waals surface area contributed by atoms with Gasteiger partial charge in [0.2, 0.25) is 0 Å². The molecule has 28 heavy (non-hydrogen) atoms. The van der Waals surface area contributed by atoms with Crippen molar-refractivity contribution in [3.8, 4) is 0 Å². The van der Waals surface area contributed by atoms with Gasteiger partial charge in [-0.15, -0.1) is 0 Å². The molecule has 1 aromatic heterocycles. The summed E-state index contributed by atoms with van der Waals surface area (Å²) in [5, 5.41) is 8.62. The number of ketones is 1. The maximum absolute atomic E-state index is 13.9. The first-order valence-electron chi connectivity index (χ1n) is 9.10. The topological polar surface area (TPSA) is 75.2 Å². The SMILES string of the molecule is B=C(C)Nc1cc(NC(=O)c2c(C)c(C(=O)CNCC)n(C)c2C)ccc1F. The number of aromatic nitrogens is 1. The number of amides is 1. The minimum absolute atomic E-state index is 0.0706. The van der Waals surface area contributed by atoms with Crippen molar-refractivity contribution in [2.45, 2.75) is 27.7 Å². The van der Waals surface area contributed by atoms with Crippen molar-refractivity contribution in [1.29, 1.82) is 0 Å². The molecule has 148 valence electrons. The van der Waals surface area contributed by atoms with Crippen LogP contribution in [0, 0.1) is 19.7 Å². The third-order valence-electron chi connectivity index (χ3n) is 4.53. The van der Waals surface area contributed by atoms with Crippen molar-refractivity contribution in [2.75, 3.05) is 23.7 Å². The summed E-state index contributed by atoms with van der Waals surface area (Å²) in [7, 11) is 5.47. The molecule has 2 rings (SSSR count). The molecule has 8 heteroatoms. The van der Waals surface area contributed by atoms with Crippen LogP contribution in [-0.4, -0.2) is 42.4 Å². The molecule has 0 bridgehead atoms. The Balaban J connectivity index is 2.33. The third kappa shape index (κ3) is 4.56. The molecule has 1 heterocycles. The number of benzene rings is 1. The fourth-order valence-electron chi connectivity index (χ4n) is 3.15. The average Bonchev–Trinajstić information content (AvgIpc) is 2.84. The van der Waals surface area contributed by atoms with Gasteiger partial charge < -0.3 is 5.32 Å². The molecule has 0 aliphatic carbocycles. The van der Waals surface area contributed by atoms with E-state index in [1.807, 2.05) is 6.92 Å². The van der Waals surface area contributed by atoms with E-state index in [1.54, 1.807) is 32.4 Å². The van der Waals surface area contributed by atoms with E-state index in [4.69, 9.17) is 0 Å².